The van der Waals surface area contributed by atoms with Gasteiger partial charge in [-0.15, -0.1) is 0 Å². The number of ether oxygens (including phenoxy) is 1. The predicted molar refractivity (Wildman–Crippen MR) is 60.5 cm³/mol. The van der Waals surface area contributed by atoms with E-state index >= 15 is 0 Å². The summed E-state index contributed by atoms with van der Waals surface area (Å²) in [6, 6.07) is 4.05. The summed E-state index contributed by atoms with van der Waals surface area (Å²) < 4.78 is 4.91. The maximum absolute atomic E-state index is 11.5. The van der Waals surface area contributed by atoms with Crippen LogP contribution in [0.2, 0.25) is 0 Å². The fourth-order valence-electron chi connectivity index (χ4n) is 1.36. The first-order valence-electron chi connectivity index (χ1n) is 5.03. The van der Waals surface area contributed by atoms with E-state index < -0.39 is 11.7 Å². The molecule has 18 heavy (non-hydrogen) atoms. The number of phenols is 2. The van der Waals surface area contributed by atoms with Crippen molar-refractivity contribution < 1.29 is 29.5 Å². The van der Waals surface area contributed by atoms with Gasteiger partial charge in [-0.1, -0.05) is 6.07 Å². The Kier molecular flexibility index (Phi) is 4.49. The van der Waals surface area contributed by atoms with Gasteiger partial charge in [-0.2, -0.15) is 4.89 Å². The van der Waals surface area contributed by atoms with Gasteiger partial charge in [0.15, 0.2) is 11.5 Å². The first-order valence-corrected chi connectivity index (χ1v) is 5.03. The number of hydrogen-bond donors (Lipinski definition) is 3. The molecule has 7 nitrogen and oxygen atoms in total. The van der Waals surface area contributed by atoms with Crippen LogP contribution in [0.3, 0.4) is 0 Å². The molecule has 100 valence electrons. The highest BCUT2D eigenvalue weighted by Gasteiger charge is 2.37. The number of aromatic hydroxyl groups is 2. The lowest BCUT2D eigenvalue weighted by molar-refractivity contribution is -0.271. The van der Waals surface area contributed by atoms with E-state index in [0.29, 0.717) is 5.56 Å². The Bertz CT molecular complexity index is 436. The van der Waals surface area contributed by atoms with E-state index in [1.54, 1.807) is 0 Å². The zero-order valence-corrected chi connectivity index (χ0v) is 10.0. The third-order valence-electron chi connectivity index (χ3n) is 2.38. The highest BCUT2D eigenvalue weighted by molar-refractivity contribution is 5.78. The summed E-state index contributed by atoms with van der Waals surface area (Å²) in [5.74, 6) is -1.48. The minimum absolute atomic E-state index is 0.0560. The van der Waals surface area contributed by atoms with Gasteiger partial charge in [0.25, 0.3) is 0 Å². The number of hydrogen-bond acceptors (Lipinski definition) is 7. The molecule has 0 radical (unpaired) electrons. The SMILES string of the molecule is COOC(=O)C(N)(Cc1ccc(O)c(O)c1)OC. The van der Waals surface area contributed by atoms with Crippen molar-refractivity contribution in [3.63, 3.8) is 0 Å². The first kappa shape index (κ1) is 14.2. The summed E-state index contributed by atoms with van der Waals surface area (Å²) >= 11 is 0. The first-order chi connectivity index (χ1) is 8.42. The molecule has 0 fully saturated rings. The maximum atomic E-state index is 11.5. The maximum Gasteiger partial charge on any atom is 0.388 e. The van der Waals surface area contributed by atoms with Gasteiger partial charge < -0.3 is 14.9 Å². The number of carbonyl (C=O) groups excluding carboxylic acids is 1. The van der Waals surface area contributed by atoms with Crippen LogP contribution < -0.4 is 5.73 Å². The van der Waals surface area contributed by atoms with Gasteiger partial charge in [-0.25, -0.2) is 4.79 Å². The van der Waals surface area contributed by atoms with Crippen LogP contribution in [0, 0.1) is 0 Å². The summed E-state index contributed by atoms with van der Waals surface area (Å²) in [7, 11) is 2.41. The van der Waals surface area contributed by atoms with E-state index in [0.717, 1.165) is 0 Å². The van der Waals surface area contributed by atoms with Crippen molar-refractivity contribution in [1.82, 2.24) is 0 Å². The highest BCUT2D eigenvalue weighted by atomic mass is 17.2. The Balaban J connectivity index is 2.91. The van der Waals surface area contributed by atoms with Crippen LogP contribution in [0.25, 0.3) is 0 Å². The number of rotatable bonds is 5. The molecule has 1 rings (SSSR count). The number of phenolic OH excluding ortho intramolecular Hbond substituents is 2. The summed E-state index contributed by atoms with van der Waals surface area (Å²) in [5.41, 5.74) is 4.48. The second kappa shape index (κ2) is 5.67. The molecular formula is C11H15NO6. The quantitative estimate of drug-likeness (QED) is 0.295. The molecule has 0 heterocycles. The molecule has 0 aromatic heterocycles. The molecule has 0 aliphatic rings. The van der Waals surface area contributed by atoms with E-state index in [9.17, 15) is 9.90 Å². The molecule has 0 aliphatic carbocycles. The molecular weight excluding hydrogens is 242 g/mol. The van der Waals surface area contributed by atoms with Gasteiger partial charge in [-0.3, -0.25) is 10.6 Å². The van der Waals surface area contributed by atoms with Crippen LogP contribution >= 0.6 is 0 Å². The Morgan fingerprint density at radius 3 is 2.50 bits per heavy atom. The second-order valence-corrected chi connectivity index (χ2v) is 3.63. The monoisotopic (exact) mass is 257 g/mol. The van der Waals surface area contributed by atoms with E-state index in [-0.39, 0.29) is 17.9 Å². The van der Waals surface area contributed by atoms with Gasteiger partial charge >= 0.3 is 5.97 Å². The minimum atomic E-state index is -1.74. The molecule has 0 saturated heterocycles. The van der Waals surface area contributed by atoms with Crippen LogP contribution in [-0.2, 0) is 25.7 Å². The third kappa shape index (κ3) is 3.10. The van der Waals surface area contributed by atoms with E-state index in [4.69, 9.17) is 15.6 Å². The summed E-state index contributed by atoms with van der Waals surface area (Å²) in [6.45, 7) is 0. The third-order valence-corrected chi connectivity index (χ3v) is 2.38. The molecule has 0 amide bonds. The van der Waals surface area contributed by atoms with Crippen molar-refractivity contribution in [2.75, 3.05) is 14.2 Å². The molecule has 0 saturated carbocycles. The van der Waals surface area contributed by atoms with Crippen LogP contribution in [0.5, 0.6) is 11.5 Å². The highest BCUT2D eigenvalue weighted by Crippen LogP contribution is 2.26. The minimum Gasteiger partial charge on any atom is -0.504 e. The van der Waals surface area contributed by atoms with Crippen molar-refractivity contribution in [1.29, 1.82) is 0 Å². The van der Waals surface area contributed by atoms with Gasteiger partial charge in [0.1, 0.15) is 0 Å². The number of carbonyl (C=O) groups is 1. The topological polar surface area (TPSA) is 111 Å². The van der Waals surface area contributed by atoms with Gasteiger partial charge in [0, 0.05) is 13.5 Å². The molecule has 1 aromatic carbocycles. The molecule has 0 bridgehead atoms. The molecule has 0 spiro atoms. The summed E-state index contributed by atoms with van der Waals surface area (Å²) in [6.07, 6.45) is -0.0560. The lowest BCUT2D eigenvalue weighted by Gasteiger charge is -2.24. The number of methoxy groups -OCH3 is 1. The lowest BCUT2D eigenvalue weighted by Crippen LogP contribution is -2.52. The Morgan fingerprint density at radius 2 is 2.00 bits per heavy atom. The largest absolute Gasteiger partial charge is 0.504 e. The van der Waals surface area contributed by atoms with Crippen LogP contribution in [0.4, 0.5) is 0 Å². The zero-order chi connectivity index (χ0) is 13.8. The number of nitrogens with two attached hydrogens (primary N) is 1. The van der Waals surface area contributed by atoms with Crippen LogP contribution in [0.1, 0.15) is 5.56 Å². The van der Waals surface area contributed by atoms with Gasteiger partial charge in [0.2, 0.25) is 5.72 Å². The molecule has 0 aliphatic heterocycles. The average molecular weight is 257 g/mol. The number of benzene rings is 1. The normalized spacial score (nSPS) is 13.9. The molecule has 7 heteroatoms. The van der Waals surface area contributed by atoms with Crippen molar-refractivity contribution in [3.05, 3.63) is 23.8 Å². The second-order valence-electron chi connectivity index (χ2n) is 3.63. The molecule has 1 unspecified atom stereocenters. The van der Waals surface area contributed by atoms with Crippen LogP contribution in [0.15, 0.2) is 18.2 Å². The van der Waals surface area contributed by atoms with E-state index in [1.807, 2.05) is 0 Å². The summed E-state index contributed by atoms with van der Waals surface area (Å²) in [5, 5.41) is 18.5. The van der Waals surface area contributed by atoms with E-state index in [1.165, 1.54) is 32.4 Å². The molecule has 1 aromatic rings. The fraction of sp³-hybridized carbons (Fsp3) is 0.364. The fourth-order valence-corrected chi connectivity index (χ4v) is 1.36. The smallest absolute Gasteiger partial charge is 0.388 e. The van der Waals surface area contributed by atoms with Crippen LogP contribution in [-0.4, -0.2) is 36.1 Å². The van der Waals surface area contributed by atoms with Crippen molar-refractivity contribution in [3.8, 4) is 11.5 Å². The Labute approximate surface area is 104 Å². The standard InChI is InChI=1S/C11H15NO6/c1-16-11(12,10(15)18-17-2)6-7-3-4-8(13)9(14)5-7/h3-5,13-14H,6,12H2,1-2H3. The molecule has 4 N–H and O–H groups in total. The van der Waals surface area contributed by atoms with E-state index in [2.05, 4.69) is 9.78 Å². The van der Waals surface area contributed by atoms with Crippen molar-refractivity contribution in [2.45, 2.75) is 12.1 Å². The zero-order valence-electron chi connectivity index (χ0n) is 10.0. The molecule has 1 atom stereocenters. The average Bonchev–Trinajstić information content (AvgIpc) is 2.34. The van der Waals surface area contributed by atoms with Gasteiger partial charge in [0.05, 0.1) is 7.11 Å². The van der Waals surface area contributed by atoms with Gasteiger partial charge in [-0.05, 0) is 17.7 Å². The lowest BCUT2D eigenvalue weighted by atomic mass is 10.0. The Hall–Kier alpha value is -1.83. The predicted octanol–water partition coefficient (Wildman–Crippen LogP) is 0.0463. The Morgan fingerprint density at radius 1 is 1.33 bits per heavy atom. The van der Waals surface area contributed by atoms with Crippen molar-refractivity contribution >= 4 is 5.97 Å². The van der Waals surface area contributed by atoms with Crippen molar-refractivity contribution in [2.24, 2.45) is 5.73 Å². The summed E-state index contributed by atoms with van der Waals surface area (Å²) in [4.78, 5) is 20.1.